The van der Waals surface area contributed by atoms with Crippen molar-refractivity contribution in [2.45, 2.75) is 38.3 Å². The number of nitrogens with one attached hydrogen (secondary N) is 1. The van der Waals surface area contributed by atoms with Gasteiger partial charge in [0.1, 0.15) is 0 Å². The van der Waals surface area contributed by atoms with Crippen molar-refractivity contribution in [1.29, 1.82) is 0 Å². The summed E-state index contributed by atoms with van der Waals surface area (Å²) in [5.41, 5.74) is 2.89. The Morgan fingerprint density at radius 3 is 2.73 bits per heavy atom. The third-order valence-electron chi connectivity index (χ3n) is 4.25. The van der Waals surface area contributed by atoms with E-state index in [-0.39, 0.29) is 5.91 Å². The molecule has 112 valence electrons. The summed E-state index contributed by atoms with van der Waals surface area (Å²) in [4.78, 5) is 14.1. The quantitative estimate of drug-likeness (QED) is 0.944. The molecule has 1 saturated carbocycles. The highest BCUT2D eigenvalue weighted by atomic mass is 16.2. The number of rotatable bonds is 3. The van der Waals surface area contributed by atoms with E-state index in [1.165, 1.54) is 11.3 Å². The number of hydrogen-bond acceptors (Lipinski definition) is 4. The molecule has 22 heavy (non-hydrogen) atoms. The molecule has 0 spiro atoms. The Morgan fingerprint density at radius 2 is 2.00 bits per heavy atom. The molecule has 1 N–H and O–H groups in total. The van der Waals surface area contributed by atoms with Crippen molar-refractivity contribution in [3.63, 3.8) is 0 Å². The number of anilines is 2. The number of para-hydroxylation sites is 1. The van der Waals surface area contributed by atoms with Crippen LogP contribution in [0.1, 0.15) is 35.8 Å². The molecule has 1 fully saturated rings. The van der Waals surface area contributed by atoms with Gasteiger partial charge in [-0.2, -0.15) is 0 Å². The number of benzene rings is 1. The summed E-state index contributed by atoms with van der Waals surface area (Å²) >= 11 is 0. The van der Waals surface area contributed by atoms with E-state index >= 15 is 0 Å². The highest BCUT2D eigenvalue weighted by Gasteiger charge is 2.28. The van der Waals surface area contributed by atoms with Gasteiger partial charge in [-0.15, -0.1) is 10.2 Å². The SMILES string of the molecule is CC1Cc2ccccc2N1c1ccc(C(=O)NC2CC2)nn1. The van der Waals surface area contributed by atoms with Gasteiger partial charge in [0.25, 0.3) is 5.91 Å². The fourth-order valence-electron chi connectivity index (χ4n) is 2.98. The number of amides is 1. The molecule has 1 aliphatic heterocycles. The molecule has 5 nitrogen and oxygen atoms in total. The maximum absolute atomic E-state index is 12.0. The lowest BCUT2D eigenvalue weighted by atomic mass is 10.1. The number of carbonyl (C=O) groups is 1. The van der Waals surface area contributed by atoms with Crippen LogP contribution in [0.25, 0.3) is 0 Å². The Morgan fingerprint density at radius 1 is 1.18 bits per heavy atom. The van der Waals surface area contributed by atoms with Gasteiger partial charge < -0.3 is 10.2 Å². The first-order valence-electron chi connectivity index (χ1n) is 7.74. The molecule has 2 aliphatic rings. The van der Waals surface area contributed by atoms with Crippen LogP contribution >= 0.6 is 0 Å². The Hall–Kier alpha value is -2.43. The molecule has 0 radical (unpaired) electrons. The van der Waals surface area contributed by atoms with E-state index in [0.29, 0.717) is 17.8 Å². The third kappa shape index (κ3) is 2.32. The molecule has 1 unspecified atom stereocenters. The van der Waals surface area contributed by atoms with Crippen LogP contribution in [-0.2, 0) is 6.42 Å². The third-order valence-corrected chi connectivity index (χ3v) is 4.25. The average molecular weight is 294 g/mol. The predicted molar refractivity (Wildman–Crippen MR) is 84.3 cm³/mol. The van der Waals surface area contributed by atoms with Crippen LogP contribution in [0.2, 0.25) is 0 Å². The van der Waals surface area contributed by atoms with Crippen LogP contribution < -0.4 is 10.2 Å². The summed E-state index contributed by atoms with van der Waals surface area (Å²) in [5.74, 6) is 0.664. The first kappa shape index (κ1) is 13.2. The lowest BCUT2D eigenvalue weighted by molar-refractivity contribution is 0.0945. The first-order chi connectivity index (χ1) is 10.7. The first-order valence-corrected chi connectivity index (χ1v) is 7.74. The summed E-state index contributed by atoms with van der Waals surface area (Å²) in [6.45, 7) is 2.18. The standard InChI is InChI=1S/C17H18N4O/c1-11-10-12-4-2-3-5-15(12)21(11)16-9-8-14(19-20-16)17(22)18-13-6-7-13/h2-5,8-9,11,13H,6-7,10H2,1H3,(H,18,22). The summed E-state index contributed by atoms with van der Waals surface area (Å²) in [5, 5.41) is 11.3. The van der Waals surface area contributed by atoms with Crippen LogP contribution in [0, 0.1) is 0 Å². The summed E-state index contributed by atoms with van der Waals surface area (Å²) < 4.78 is 0. The smallest absolute Gasteiger partial charge is 0.272 e. The van der Waals surface area contributed by atoms with Crippen molar-refractivity contribution in [2.75, 3.05) is 4.90 Å². The van der Waals surface area contributed by atoms with E-state index < -0.39 is 0 Å². The normalized spacial score (nSPS) is 19.9. The molecule has 1 aliphatic carbocycles. The molecule has 2 heterocycles. The second-order valence-corrected chi connectivity index (χ2v) is 6.08. The Bertz CT molecular complexity index is 709. The number of hydrogen-bond donors (Lipinski definition) is 1. The summed E-state index contributed by atoms with van der Waals surface area (Å²) in [6, 6.07) is 12.7. The molecule has 2 aromatic rings. The van der Waals surface area contributed by atoms with Crippen molar-refractivity contribution < 1.29 is 4.79 Å². The largest absolute Gasteiger partial charge is 0.348 e. The minimum Gasteiger partial charge on any atom is -0.348 e. The van der Waals surface area contributed by atoms with Crippen LogP contribution in [-0.4, -0.2) is 28.2 Å². The second kappa shape index (κ2) is 5.09. The second-order valence-electron chi connectivity index (χ2n) is 6.08. The molecular weight excluding hydrogens is 276 g/mol. The zero-order valence-corrected chi connectivity index (χ0v) is 12.5. The van der Waals surface area contributed by atoms with E-state index in [1.54, 1.807) is 6.07 Å². The van der Waals surface area contributed by atoms with Crippen LogP contribution in [0.4, 0.5) is 11.5 Å². The van der Waals surface area contributed by atoms with Crippen molar-refractivity contribution >= 4 is 17.4 Å². The van der Waals surface area contributed by atoms with Gasteiger partial charge in [0.15, 0.2) is 11.5 Å². The van der Waals surface area contributed by atoms with E-state index in [4.69, 9.17) is 0 Å². The van der Waals surface area contributed by atoms with Gasteiger partial charge in [-0.05, 0) is 49.9 Å². The molecule has 0 bridgehead atoms. The minimum absolute atomic E-state index is 0.128. The Labute approximate surface area is 129 Å². The average Bonchev–Trinajstić information content (AvgIpc) is 3.27. The predicted octanol–water partition coefficient (Wildman–Crippen LogP) is 2.45. The zero-order chi connectivity index (χ0) is 15.1. The highest BCUT2D eigenvalue weighted by molar-refractivity contribution is 5.92. The summed E-state index contributed by atoms with van der Waals surface area (Å²) in [7, 11) is 0. The molecule has 0 saturated heterocycles. The Kier molecular flexibility index (Phi) is 3.06. The maximum Gasteiger partial charge on any atom is 0.272 e. The molecule has 1 atom stereocenters. The van der Waals surface area contributed by atoms with Gasteiger partial charge in [0.05, 0.1) is 0 Å². The number of aromatic nitrogens is 2. The zero-order valence-electron chi connectivity index (χ0n) is 12.5. The summed E-state index contributed by atoms with van der Waals surface area (Å²) in [6.07, 6.45) is 3.14. The van der Waals surface area contributed by atoms with Crippen LogP contribution in [0.3, 0.4) is 0 Å². The van der Waals surface area contributed by atoms with E-state index in [9.17, 15) is 4.79 Å². The molecule has 1 aromatic carbocycles. The maximum atomic E-state index is 12.0. The number of nitrogens with zero attached hydrogens (tertiary/aromatic N) is 3. The Balaban J connectivity index is 1.59. The van der Waals surface area contributed by atoms with Crippen molar-refractivity contribution in [3.8, 4) is 0 Å². The topological polar surface area (TPSA) is 58.1 Å². The van der Waals surface area contributed by atoms with Gasteiger partial charge in [-0.3, -0.25) is 4.79 Å². The van der Waals surface area contributed by atoms with Gasteiger partial charge >= 0.3 is 0 Å². The molecule has 4 rings (SSSR count). The van der Waals surface area contributed by atoms with Crippen molar-refractivity contribution in [2.24, 2.45) is 0 Å². The lowest BCUT2D eigenvalue weighted by Gasteiger charge is -2.23. The fourth-order valence-corrected chi connectivity index (χ4v) is 2.98. The van der Waals surface area contributed by atoms with Gasteiger partial charge in [-0.25, -0.2) is 0 Å². The number of fused-ring (bicyclic) bond motifs is 1. The molecular formula is C17H18N4O. The van der Waals surface area contributed by atoms with E-state index in [2.05, 4.69) is 45.5 Å². The van der Waals surface area contributed by atoms with Gasteiger partial charge in [0, 0.05) is 17.8 Å². The fraction of sp³-hybridized carbons (Fsp3) is 0.353. The minimum atomic E-state index is -0.128. The van der Waals surface area contributed by atoms with E-state index in [0.717, 1.165) is 25.1 Å². The number of carbonyl (C=O) groups excluding carboxylic acids is 1. The van der Waals surface area contributed by atoms with Crippen molar-refractivity contribution in [3.05, 3.63) is 47.7 Å². The molecule has 1 aromatic heterocycles. The van der Waals surface area contributed by atoms with Gasteiger partial charge in [-0.1, -0.05) is 18.2 Å². The van der Waals surface area contributed by atoms with Gasteiger partial charge in [0.2, 0.25) is 0 Å². The monoisotopic (exact) mass is 294 g/mol. The van der Waals surface area contributed by atoms with Crippen molar-refractivity contribution in [1.82, 2.24) is 15.5 Å². The lowest BCUT2D eigenvalue weighted by Crippen LogP contribution is -2.28. The van der Waals surface area contributed by atoms with Crippen LogP contribution in [0.5, 0.6) is 0 Å². The van der Waals surface area contributed by atoms with E-state index in [1.807, 2.05) is 12.1 Å². The van der Waals surface area contributed by atoms with Crippen LogP contribution in [0.15, 0.2) is 36.4 Å². The molecule has 5 heteroatoms. The highest BCUT2D eigenvalue weighted by Crippen LogP contribution is 2.36. The molecule has 1 amide bonds.